The zero-order valence-corrected chi connectivity index (χ0v) is 16.9. The van der Waals surface area contributed by atoms with Gasteiger partial charge >= 0.3 is 0 Å². The number of nitrogens with zero attached hydrogens (tertiary/aromatic N) is 5. The van der Waals surface area contributed by atoms with E-state index in [0.717, 1.165) is 11.6 Å². The maximum atomic E-state index is 12.5. The number of hydrogen-bond acceptors (Lipinski definition) is 7. The second-order valence-electron chi connectivity index (χ2n) is 6.38. The molecule has 28 heavy (non-hydrogen) atoms. The average molecular weight is 443 g/mol. The first-order chi connectivity index (χ1) is 13.6. The van der Waals surface area contributed by atoms with E-state index < -0.39 is 0 Å². The molecule has 3 aromatic heterocycles. The second-order valence-corrected chi connectivity index (χ2v) is 7.16. The van der Waals surface area contributed by atoms with Crippen LogP contribution < -0.4 is 10.2 Å². The Morgan fingerprint density at radius 1 is 1.11 bits per heavy atom. The van der Waals surface area contributed by atoms with Gasteiger partial charge in [0.1, 0.15) is 23.3 Å². The summed E-state index contributed by atoms with van der Waals surface area (Å²) in [6, 6.07) is 11.0. The smallest absolute Gasteiger partial charge is 0.289 e. The van der Waals surface area contributed by atoms with Crippen molar-refractivity contribution in [2.75, 3.05) is 36.4 Å². The lowest BCUT2D eigenvalue weighted by atomic mass is 10.2. The van der Waals surface area contributed by atoms with E-state index in [1.165, 1.54) is 0 Å². The number of halogens is 1. The van der Waals surface area contributed by atoms with Gasteiger partial charge in [0.15, 0.2) is 10.4 Å². The number of carbonyl (C=O) groups excluding carboxylic acids is 1. The van der Waals surface area contributed by atoms with E-state index in [1.54, 1.807) is 23.2 Å². The minimum Gasteiger partial charge on any atom is -0.444 e. The Balaban J connectivity index is 1.43. The Kier molecular flexibility index (Phi) is 5.25. The van der Waals surface area contributed by atoms with E-state index in [-0.39, 0.29) is 5.91 Å². The number of rotatable bonds is 4. The van der Waals surface area contributed by atoms with Gasteiger partial charge in [0.2, 0.25) is 0 Å². The lowest BCUT2D eigenvalue weighted by Crippen LogP contribution is -2.49. The largest absolute Gasteiger partial charge is 0.444 e. The molecular formula is C19H19BrN6O2. The standard InChI is InChI=1S/C19H19BrN6O2/c1-13-22-17(24-16-4-2-3-7-21-16)12-18(23-13)25-8-10-26(11-9-25)19(27)14-5-6-15(20)28-14/h2-7,12H,8-11H2,1H3,(H,21,22,23,24). The van der Waals surface area contributed by atoms with Crippen LogP contribution in [0.2, 0.25) is 0 Å². The molecule has 0 saturated carbocycles. The molecule has 1 fully saturated rings. The Morgan fingerprint density at radius 3 is 2.61 bits per heavy atom. The average Bonchev–Trinajstić information content (AvgIpc) is 3.14. The molecule has 1 N–H and O–H groups in total. The number of carbonyl (C=O) groups is 1. The summed E-state index contributed by atoms with van der Waals surface area (Å²) >= 11 is 3.23. The van der Waals surface area contributed by atoms with Gasteiger partial charge in [0, 0.05) is 38.4 Å². The lowest BCUT2D eigenvalue weighted by Gasteiger charge is -2.35. The number of aromatic nitrogens is 3. The van der Waals surface area contributed by atoms with E-state index in [0.29, 0.717) is 48.3 Å². The van der Waals surface area contributed by atoms with Crippen molar-refractivity contribution >= 4 is 39.3 Å². The Hall–Kier alpha value is -2.94. The molecular weight excluding hydrogens is 424 g/mol. The normalized spacial score (nSPS) is 14.2. The molecule has 1 saturated heterocycles. The van der Waals surface area contributed by atoms with Gasteiger partial charge in [-0.3, -0.25) is 4.79 Å². The van der Waals surface area contributed by atoms with Crippen LogP contribution in [0.15, 0.2) is 51.7 Å². The number of furan rings is 1. The molecule has 1 aliphatic rings. The summed E-state index contributed by atoms with van der Waals surface area (Å²) in [6.07, 6.45) is 1.73. The Morgan fingerprint density at radius 2 is 1.93 bits per heavy atom. The minimum absolute atomic E-state index is 0.0956. The minimum atomic E-state index is -0.0956. The van der Waals surface area contributed by atoms with Crippen LogP contribution in [0.3, 0.4) is 0 Å². The van der Waals surface area contributed by atoms with Crippen molar-refractivity contribution in [1.29, 1.82) is 0 Å². The number of pyridine rings is 1. The maximum absolute atomic E-state index is 12.5. The highest BCUT2D eigenvalue weighted by molar-refractivity contribution is 9.10. The SMILES string of the molecule is Cc1nc(Nc2ccccn2)cc(N2CCN(C(=O)c3ccc(Br)o3)CC2)n1. The molecule has 4 rings (SSSR count). The van der Waals surface area contributed by atoms with Gasteiger partial charge in [0.25, 0.3) is 5.91 Å². The van der Waals surface area contributed by atoms with Crippen LogP contribution in [0.4, 0.5) is 17.5 Å². The number of piperazine rings is 1. The molecule has 0 unspecified atom stereocenters. The summed E-state index contributed by atoms with van der Waals surface area (Å²) in [5.41, 5.74) is 0. The van der Waals surface area contributed by atoms with Gasteiger partial charge in [-0.05, 0) is 47.1 Å². The molecule has 1 aliphatic heterocycles. The molecule has 9 heteroatoms. The predicted octanol–water partition coefficient (Wildman–Crippen LogP) is 3.24. The fourth-order valence-corrected chi connectivity index (χ4v) is 3.38. The number of nitrogens with one attached hydrogen (secondary N) is 1. The predicted molar refractivity (Wildman–Crippen MR) is 109 cm³/mol. The molecule has 0 aliphatic carbocycles. The highest BCUT2D eigenvalue weighted by Gasteiger charge is 2.25. The zero-order valence-electron chi connectivity index (χ0n) is 15.3. The van der Waals surface area contributed by atoms with Gasteiger partial charge in [-0.15, -0.1) is 0 Å². The summed E-state index contributed by atoms with van der Waals surface area (Å²) in [5, 5.41) is 3.20. The summed E-state index contributed by atoms with van der Waals surface area (Å²) in [5.74, 6) is 3.18. The van der Waals surface area contributed by atoms with Crippen molar-refractivity contribution in [2.24, 2.45) is 0 Å². The molecule has 0 spiro atoms. The third kappa shape index (κ3) is 4.14. The van der Waals surface area contributed by atoms with E-state index in [2.05, 4.69) is 41.1 Å². The lowest BCUT2D eigenvalue weighted by molar-refractivity contribution is 0.0713. The number of hydrogen-bond donors (Lipinski definition) is 1. The Labute approximate surface area is 170 Å². The van der Waals surface area contributed by atoms with Crippen molar-refractivity contribution < 1.29 is 9.21 Å². The highest BCUT2D eigenvalue weighted by atomic mass is 79.9. The summed E-state index contributed by atoms with van der Waals surface area (Å²) in [7, 11) is 0. The molecule has 0 atom stereocenters. The van der Waals surface area contributed by atoms with E-state index in [1.807, 2.05) is 31.2 Å². The second kappa shape index (κ2) is 7.97. The molecule has 0 bridgehead atoms. The van der Waals surface area contributed by atoms with Crippen molar-refractivity contribution in [3.63, 3.8) is 0 Å². The monoisotopic (exact) mass is 442 g/mol. The van der Waals surface area contributed by atoms with Crippen LogP contribution in [-0.4, -0.2) is 51.9 Å². The quantitative estimate of drug-likeness (QED) is 0.663. The van der Waals surface area contributed by atoms with E-state index in [9.17, 15) is 4.79 Å². The molecule has 0 aromatic carbocycles. The molecule has 1 amide bonds. The van der Waals surface area contributed by atoms with Crippen LogP contribution >= 0.6 is 15.9 Å². The van der Waals surface area contributed by atoms with Crippen molar-refractivity contribution in [2.45, 2.75) is 6.92 Å². The van der Waals surface area contributed by atoms with Gasteiger partial charge in [-0.2, -0.15) is 0 Å². The number of amides is 1. The van der Waals surface area contributed by atoms with Gasteiger partial charge < -0.3 is 19.5 Å². The third-order valence-electron chi connectivity index (χ3n) is 4.42. The van der Waals surface area contributed by atoms with Crippen LogP contribution in [0, 0.1) is 6.92 Å². The summed E-state index contributed by atoms with van der Waals surface area (Å²) < 4.78 is 5.93. The fourth-order valence-electron chi connectivity index (χ4n) is 3.07. The van der Waals surface area contributed by atoms with Crippen LogP contribution in [0.5, 0.6) is 0 Å². The molecule has 0 radical (unpaired) electrons. The van der Waals surface area contributed by atoms with Gasteiger partial charge in [-0.25, -0.2) is 15.0 Å². The summed E-state index contributed by atoms with van der Waals surface area (Å²) in [6.45, 7) is 4.44. The third-order valence-corrected chi connectivity index (χ3v) is 4.85. The first kappa shape index (κ1) is 18.4. The fraction of sp³-hybridized carbons (Fsp3) is 0.263. The molecule has 144 valence electrons. The van der Waals surface area contributed by atoms with Crippen molar-refractivity contribution in [3.8, 4) is 0 Å². The van der Waals surface area contributed by atoms with Crippen molar-refractivity contribution in [1.82, 2.24) is 19.9 Å². The molecule has 4 heterocycles. The van der Waals surface area contributed by atoms with Gasteiger partial charge in [0.05, 0.1) is 0 Å². The van der Waals surface area contributed by atoms with E-state index >= 15 is 0 Å². The number of aryl methyl sites for hydroxylation is 1. The van der Waals surface area contributed by atoms with Crippen LogP contribution in [0.25, 0.3) is 0 Å². The zero-order chi connectivity index (χ0) is 19.5. The topological polar surface area (TPSA) is 87.4 Å². The highest BCUT2D eigenvalue weighted by Crippen LogP contribution is 2.21. The van der Waals surface area contributed by atoms with Gasteiger partial charge in [-0.1, -0.05) is 6.07 Å². The van der Waals surface area contributed by atoms with Crippen LogP contribution in [-0.2, 0) is 0 Å². The summed E-state index contributed by atoms with van der Waals surface area (Å²) in [4.78, 5) is 29.7. The maximum Gasteiger partial charge on any atom is 0.289 e. The molecule has 8 nitrogen and oxygen atoms in total. The first-order valence-corrected chi connectivity index (χ1v) is 9.71. The van der Waals surface area contributed by atoms with Crippen LogP contribution in [0.1, 0.15) is 16.4 Å². The first-order valence-electron chi connectivity index (χ1n) is 8.92. The van der Waals surface area contributed by atoms with E-state index in [4.69, 9.17) is 4.42 Å². The Bertz CT molecular complexity index is 970. The number of anilines is 3. The molecule has 3 aromatic rings. The van der Waals surface area contributed by atoms with Crippen molar-refractivity contribution in [3.05, 3.63) is 58.8 Å².